The molecular weight excluding hydrogens is 335 g/mol. The van der Waals surface area contributed by atoms with Crippen molar-refractivity contribution in [2.45, 2.75) is 19.8 Å². The van der Waals surface area contributed by atoms with Gasteiger partial charge in [-0.25, -0.2) is 4.39 Å². The molecule has 25 heavy (non-hydrogen) atoms. The van der Waals surface area contributed by atoms with E-state index in [0.29, 0.717) is 12.4 Å². The zero-order valence-corrected chi connectivity index (χ0v) is 14.9. The van der Waals surface area contributed by atoms with Crippen LogP contribution in [0.4, 0.5) is 4.39 Å². The van der Waals surface area contributed by atoms with Crippen molar-refractivity contribution in [2.24, 2.45) is 0 Å². The van der Waals surface area contributed by atoms with Crippen molar-refractivity contribution < 1.29 is 9.13 Å². The molecule has 3 aromatic rings. The lowest BCUT2D eigenvalue weighted by molar-refractivity contribution is 0.294. The van der Waals surface area contributed by atoms with E-state index in [1.54, 1.807) is 6.07 Å². The van der Waals surface area contributed by atoms with E-state index in [0.717, 1.165) is 40.1 Å². The number of ether oxygens (including phenoxy) is 1. The highest BCUT2D eigenvalue weighted by Gasteiger charge is 2.07. The van der Waals surface area contributed by atoms with Gasteiger partial charge in [0.15, 0.2) is 11.6 Å². The van der Waals surface area contributed by atoms with Gasteiger partial charge in [0.05, 0.1) is 6.61 Å². The molecule has 128 valence electrons. The molecule has 0 heterocycles. The number of benzene rings is 3. The Morgan fingerprint density at radius 1 is 0.800 bits per heavy atom. The maximum absolute atomic E-state index is 14.2. The summed E-state index contributed by atoms with van der Waals surface area (Å²) in [6.45, 7) is 2.62. The van der Waals surface area contributed by atoms with E-state index in [1.807, 2.05) is 54.6 Å². The van der Waals surface area contributed by atoms with Crippen molar-refractivity contribution in [3.63, 3.8) is 0 Å². The van der Waals surface area contributed by atoms with Crippen molar-refractivity contribution in [1.82, 2.24) is 0 Å². The van der Waals surface area contributed by atoms with Gasteiger partial charge in [-0.2, -0.15) is 0 Å². The third-order valence-electron chi connectivity index (χ3n) is 4.08. The first-order valence-corrected chi connectivity index (χ1v) is 8.84. The van der Waals surface area contributed by atoms with E-state index in [-0.39, 0.29) is 5.82 Å². The zero-order valence-electron chi connectivity index (χ0n) is 14.1. The van der Waals surface area contributed by atoms with Gasteiger partial charge in [0.25, 0.3) is 0 Å². The minimum atomic E-state index is -0.324. The van der Waals surface area contributed by atoms with Crippen LogP contribution in [0.15, 0.2) is 66.7 Å². The first-order valence-electron chi connectivity index (χ1n) is 8.46. The minimum absolute atomic E-state index is 0.315. The van der Waals surface area contributed by atoms with Gasteiger partial charge < -0.3 is 4.74 Å². The molecule has 0 spiro atoms. The first kappa shape index (κ1) is 17.5. The van der Waals surface area contributed by atoms with Crippen molar-refractivity contribution in [2.75, 3.05) is 6.61 Å². The van der Waals surface area contributed by atoms with E-state index >= 15 is 0 Å². The zero-order chi connectivity index (χ0) is 17.6. The van der Waals surface area contributed by atoms with E-state index < -0.39 is 0 Å². The molecule has 0 aromatic heterocycles. The molecule has 0 radical (unpaired) electrons. The molecule has 3 aromatic carbocycles. The monoisotopic (exact) mass is 354 g/mol. The Morgan fingerprint density at radius 3 is 1.88 bits per heavy atom. The van der Waals surface area contributed by atoms with Crippen molar-refractivity contribution in [1.29, 1.82) is 0 Å². The lowest BCUT2D eigenvalue weighted by Crippen LogP contribution is -1.98. The van der Waals surface area contributed by atoms with E-state index in [2.05, 4.69) is 6.92 Å². The van der Waals surface area contributed by atoms with E-state index in [4.69, 9.17) is 16.3 Å². The van der Waals surface area contributed by atoms with Gasteiger partial charge in [0.2, 0.25) is 0 Å². The average Bonchev–Trinajstić information content (AvgIpc) is 2.64. The highest BCUT2D eigenvalue weighted by atomic mass is 35.5. The second kappa shape index (κ2) is 8.17. The van der Waals surface area contributed by atoms with Gasteiger partial charge in [-0.05, 0) is 52.9 Å². The molecule has 3 heteroatoms. The van der Waals surface area contributed by atoms with Gasteiger partial charge in [-0.3, -0.25) is 0 Å². The van der Waals surface area contributed by atoms with Crippen LogP contribution in [0.3, 0.4) is 0 Å². The molecule has 0 amide bonds. The number of hydrogen-bond donors (Lipinski definition) is 0. The van der Waals surface area contributed by atoms with Crippen LogP contribution >= 0.6 is 11.6 Å². The molecule has 0 saturated carbocycles. The van der Waals surface area contributed by atoms with Crippen LogP contribution in [-0.4, -0.2) is 6.61 Å². The SMILES string of the molecule is CCCCOc1ccc(-c2ccc(-c3ccc(Cl)cc3)cc2)cc1F. The summed E-state index contributed by atoms with van der Waals surface area (Å²) in [7, 11) is 0. The topological polar surface area (TPSA) is 9.23 Å². The van der Waals surface area contributed by atoms with Crippen molar-refractivity contribution in [3.05, 3.63) is 77.6 Å². The van der Waals surface area contributed by atoms with Crippen LogP contribution in [0, 0.1) is 5.82 Å². The normalized spacial score (nSPS) is 10.7. The fourth-order valence-electron chi connectivity index (χ4n) is 2.62. The Labute approximate surface area is 153 Å². The summed E-state index contributed by atoms with van der Waals surface area (Å²) in [4.78, 5) is 0. The smallest absolute Gasteiger partial charge is 0.165 e. The van der Waals surface area contributed by atoms with E-state index in [9.17, 15) is 4.39 Å². The number of rotatable bonds is 6. The summed E-state index contributed by atoms with van der Waals surface area (Å²) in [5, 5.41) is 0.720. The predicted octanol–water partition coefficient (Wildman–Crippen LogP) is 6.99. The van der Waals surface area contributed by atoms with Crippen LogP contribution in [0.5, 0.6) is 5.75 Å². The third kappa shape index (κ3) is 4.40. The number of halogens is 2. The first-order chi connectivity index (χ1) is 12.2. The molecule has 3 rings (SSSR count). The second-order valence-corrected chi connectivity index (χ2v) is 6.37. The molecule has 0 fully saturated rings. The highest BCUT2D eigenvalue weighted by Crippen LogP contribution is 2.28. The summed E-state index contributed by atoms with van der Waals surface area (Å²) >= 11 is 5.93. The Kier molecular flexibility index (Phi) is 5.72. The van der Waals surface area contributed by atoms with Crippen molar-refractivity contribution in [3.8, 4) is 28.0 Å². The summed E-state index contributed by atoms with van der Waals surface area (Å²) in [5.74, 6) is -0.00892. The average molecular weight is 355 g/mol. The van der Waals surface area contributed by atoms with Crippen LogP contribution in [-0.2, 0) is 0 Å². The Balaban J connectivity index is 1.78. The maximum atomic E-state index is 14.2. The summed E-state index contributed by atoms with van der Waals surface area (Å²) in [6, 6.07) is 20.9. The highest BCUT2D eigenvalue weighted by molar-refractivity contribution is 6.30. The summed E-state index contributed by atoms with van der Waals surface area (Å²) in [6.07, 6.45) is 1.95. The van der Waals surface area contributed by atoms with Gasteiger partial charge in [-0.15, -0.1) is 0 Å². The van der Waals surface area contributed by atoms with Crippen LogP contribution in [0.25, 0.3) is 22.3 Å². The Hall–Kier alpha value is -2.32. The third-order valence-corrected chi connectivity index (χ3v) is 4.34. The van der Waals surface area contributed by atoms with Gasteiger partial charge in [0.1, 0.15) is 0 Å². The van der Waals surface area contributed by atoms with Crippen molar-refractivity contribution >= 4 is 11.6 Å². The van der Waals surface area contributed by atoms with Crippen LogP contribution < -0.4 is 4.74 Å². The second-order valence-electron chi connectivity index (χ2n) is 5.93. The standard InChI is InChI=1S/C22H20ClFO/c1-2-3-14-25-22-13-10-19(15-21(22)24)18-6-4-16(5-7-18)17-8-11-20(23)12-9-17/h4-13,15H,2-3,14H2,1H3. The predicted molar refractivity (Wildman–Crippen MR) is 103 cm³/mol. The molecule has 0 atom stereocenters. The molecule has 0 saturated heterocycles. The molecular formula is C22H20ClFO. The molecule has 0 aliphatic rings. The fraction of sp³-hybridized carbons (Fsp3) is 0.182. The largest absolute Gasteiger partial charge is 0.491 e. The Bertz CT molecular complexity index is 826. The lowest BCUT2D eigenvalue weighted by Gasteiger charge is -2.09. The van der Waals surface area contributed by atoms with Gasteiger partial charge >= 0.3 is 0 Å². The molecule has 0 aliphatic carbocycles. The summed E-state index contributed by atoms with van der Waals surface area (Å²) in [5.41, 5.74) is 4.00. The Morgan fingerprint density at radius 2 is 1.32 bits per heavy atom. The quantitative estimate of drug-likeness (QED) is 0.433. The minimum Gasteiger partial charge on any atom is -0.491 e. The maximum Gasteiger partial charge on any atom is 0.165 e. The fourth-order valence-corrected chi connectivity index (χ4v) is 2.75. The van der Waals surface area contributed by atoms with E-state index in [1.165, 1.54) is 6.07 Å². The lowest BCUT2D eigenvalue weighted by atomic mass is 10.0. The summed E-state index contributed by atoms with van der Waals surface area (Å²) < 4.78 is 19.7. The molecule has 0 aliphatic heterocycles. The molecule has 0 unspecified atom stereocenters. The van der Waals surface area contributed by atoms with Gasteiger partial charge in [0, 0.05) is 5.02 Å². The van der Waals surface area contributed by atoms with Crippen LogP contribution in [0.2, 0.25) is 5.02 Å². The van der Waals surface area contributed by atoms with Crippen LogP contribution in [0.1, 0.15) is 19.8 Å². The number of unbranched alkanes of at least 4 members (excludes halogenated alkanes) is 1. The molecule has 0 N–H and O–H groups in total. The molecule has 0 bridgehead atoms. The number of hydrogen-bond acceptors (Lipinski definition) is 1. The van der Waals surface area contributed by atoms with Gasteiger partial charge in [-0.1, -0.05) is 67.4 Å². The molecule has 1 nitrogen and oxygen atoms in total.